The van der Waals surface area contributed by atoms with Gasteiger partial charge in [0.25, 0.3) is 0 Å². The SMILES string of the molecule is FC(F)(F)[CH]C1CCOC1. The number of hydrogen-bond donors (Lipinski definition) is 0. The maximum absolute atomic E-state index is 11.6. The first-order valence-electron chi connectivity index (χ1n) is 3.08. The molecular weight excluding hydrogens is 145 g/mol. The molecule has 0 amide bonds. The van der Waals surface area contributed by atoms with E-state index in [0.29, 0.717) is 19.4 Å². The molecule has 1 radical (unpaired) electrons. The monoisotopic (exact) mass is 153 g/mol. The largest absolute Gasteiger partial charge is 0.392 e. The number of halogens is 3. The van der Waals surface area contributed by atoms with E-state index in [4.69, 9.17) is 4.74 Å². The molecule has 1 aliphatic rings. The minimum absolute atomic E-state index is 0.222. The van der Waals surface area contributed by atoms with E-state index >= 15 is 0 Å². The molecule has 0 bridgehead atoms. The van der Waals surface area contributed by atoms with Gasteiger partial charge in [-0.1, -0.05) is 0 Å². The van der Waals surface area contributed by atoms with Gasteiger partial charge in [-0.05, 0) is 12.3 Å². The average molecular weight is 153 g/mol. The number of hydrogen-bond acceptors (Lipinski definition) is 1. The van der Waals surface area contributed by atoms with E-state index in [1.54, 1.807) is 0 Å². The smallest absolute Gasteiger partial charge is 0.381 e. The van der Waals surface area contributed by atoms with Crippen molar-refractivity contribution >= 4 is 0 Å². The minimum Gasteiger partial charge on any atom is -0.381 e. The van der Waals surface area contributed by atoms with Crippen molar-refractivity contribution in [3.63, 3.8) is 0 Å². The van der Waals surface area contributed by atoms with Crippen LogP contribution in [0.4, 0.5) is 13.2 Å². The van der Waals surface area contributed by atoms with Gasteiger partial charge in [0.2, 0.25) is 0 Å². The van der Waals surface area contributed by atoms with Crippen LogP contribution in [0.5, 0.6) is 0 Å². The summed E-state index contributed by atoms with van der Waals surface area (Å²) in [6.45, 7) is 0.677. The fraction of sp³-hybridized carbons (Fsp3) is 0.833. The van der Waals surface area contributed by atoms with Gasteiger partial charge in [-0.25, -0.2) is 0 Å². The van der Waals surface area contributed by atoms with Gasteiger partial charge in [-0.15, -0.1) is 0 Å². The number of alkyl halides is 3. The zero-order valence-electron chi connectivity index (χ0n) is 5.32. The first-order chi connectivity index (χ1) is 4.58. The molecule has 1 aliphatic heterocycles. The van der Waals surface area contributed by atoms with Crippen LogP contribution in [-0.4, -0.2) is 19.4 Å². The van der Waals surface area contributed by atoms with Crippen molar-refractivity contribution in [2.24, 2.45) is 5.92 Å². The van der Waals surface area contributed by atoms with Crippen LogP contribution >= 0.6 is 0 Å². The van der Waals surface area contributed by atoms with E-state index in [-0.39, 0.29) is 6.61 Å². The highest BCUT2D eigenvalue weighted by molar-refractivity contribution is 4.85. The molecule has 0 aromatic rings. The molecule has 4 heteroatoms. The summed E-state index contributed by atoms with van der Waals surface area (Å²) in [4.78, 5) is 0. The lowest BCUT2D eigenvalue weighted by molar-refractivity contribution is -0.104. The van der Waals surface area contributed by atoms with Gasteiger partial charge >= 0.3 is 6.18 Å². The third kappa shape index (κ3) is 2.56. The predicted octanol–water partition coefficient (Wildman–Crippen LogP) is 1.79. The van der Waals surface area contributed by atoms with Crippen molar-refractivity contribution in [2.45, 2.75) is 12.6 Å². The average Bonchev–Trinajstić information content (AvgIpc) is 2.12. The summed E-state index contributed by atoms with van der Waals surface area (Å²) in [6.07, 6.45) is -3.24. The highest BCUT2D eigenvalue weighted by Gasteiger charge is 2.33. The Hall–Kier alpha value is -0.250. The van der Waals surface area contributed by atoms with Crippen molar-refractivity contribution in [2.75, 3.05) is 13.2 Å². The van der Waals surface area contributed by atoms with E-state index in [9.17, 15) is 13.2 Å². The quantitative estimate of drug-likeness (QED) is 0.558. The van der Waals surface area contributed by atoms with Gasteiger partial charge in [0.05, 0.1) is 13.0 Å². The molecule has 59 valence electrons. The summed E-state index contributed by atoms with van der Waals surface area (Å²) in [5.74, 6) is -0.417. The molecular formula is C6H8F3O. The Morgan fingerprint density at radius 3 is 2.50 bits per heavy atom. The maximum atomic E-state index is 11.6. The molecule has 1 nitrogen and oxygen atoms in total. The third-order valence-corrected chi connectivity index (χ3v) is 1.39. The van der Waals surface area contributed by atoms with Crippen molar-refractivity contribution in [3.05, 3.63) is 6.42 Å². The Morgan fingerprint density at radius 2 is 2.10 bits per heavy atom. The molecule has 0 N–H and O–H groups in total. The third-order valence-electron chi connectivity index (χ3n) is 1.39. The zero-order chi connectivity index (χ0) is 7.61. The van der Waals surface area contributed by atoms with Crippen molar-refractivity contribution in [1.29, 1.82) is 0 Å². The maximum Gasteiger partial charge on any atom is 0.392 e. The van der Waals surface area contributed by atoms with Crippen molar-refractivity contribution < 1.29 is 17.9 Å². The van der Waals surface area contributed by atoms with Crippen LogP contribution < -0.4 is 0 Å². The second-order valence-electron chi connectivity index (χ2n) is 2.33. The number of ether oxygens (including phenoxy) is 1. The molecule has 1 saturated heterocycles. The van der Waals surface area contributed by atoms with Crippen LogP contribution in [0.25, 0.3) is 0 Å². The number of rotatable bonds is 1. The highest BCUT2D eigenvalue weighted by Crippen LogP contribution is 2.27. The summed E-state index contributed by atoms with van der Waals surface area (Å²) in [6, 6.07) is 0. The van der Waals surface area contributed by atoms with E-state index in [1.807, 2.05) is 0 Å². The first kappa shape index (κ1) is 7.85. The van der Waals surface area contributed by atoms with Gasteiger partial charge < -0.3 is 4.74 Å². The van der Waals surface area contributed by atoms with E-state index in [0.717, 1.165) is 0 Å². The summed E-state index contributed by atoms with van der Waals surface area (Å²) in [7, 11) is 0. The van der Waals surface area contributed by atoms with Gasteiger partial charge in [-0.3, -0.25) is 0 Å². The van der Waals surface area contributed by atoms with E-state index in [2.05, 4.69) is 0 Å². The second-order valence-corrected chi connectivity index (χ2v) is 2.33. The van der Waals surface area contributed by atoms with E-state index in [1.165, 1.54) is 0 Å². The normalized spacial score (nSPS) is 27.3. The highest BCUT2D eigenvalue weighted by atomic mass is 19.4. The second kappa shape index (κ2) is 2.78. The summed E-state index contributed by atoms with van der Waals surface area (Å²) in [5, 5.41) is 0. The molecule has 1 unspecified atom stereocenters. The zero-order valence-corrected chi connectivity index (χ0v) is 5.32. The Bertz CT molecular complexity index is 104. The summed E-state index contributed by atoms with van der Waals surface area (Å²) >= 11 is 0. The molecule has 10 heavy (non-hydrogen) atoms. The summed E-state index contributed by atoms with van der Waals surface area (Å²) in [5.41, 5.74) is 0. The standard InChI is InChI=1S/C6H8F3O/c7-6(8,9)3-5-1-2-10-4-5/h3,5H,1-2,4H2. The van der Waals surface area contributed by atoms with Crippen LogP contribution in [0.1, 0.15) is 6.42 Å². The van der Waals surface area contributed by atoms with E-state index < -0.39 is 12.1 Å². The van der Waals surface area contributed by atoms with Gasteiger partial charge in [0.1, 0.15) is 0 Å². The first-order valence-corrected chi connectivity index (χ1v) is 3.08. The lowest BCUT2D eigenvalue weighted by Gasteiger charge is -2.09. The fourth-order valence-corrected chi connectivity index (χ4v) is 0.951. The van der Waals surface area contributed by atoms with Crippen molar-refractivity contribution in [1.82, 2.24) is 0 Å². The molecule has 1 rings (SSSR count). The molecule has 0 spiro atoms. The molecule has 1 atom stereocenters. The molecule has 1 heterocycles. The Balaban J connectivity index is 2.24. The van der Waals surface area contributed by atoms with Gasteiger partial charge in [0.15, 0.2) is 0 Å². The lowest BCUT2D eigenvalue weighted by atomic mass is 10.1. The Morgan fingerprint density at radius 1 is 1.40 bits per heavy atom. The summed E-state index contributed by atoms with van der Waals surface area (Å²) < 4.78 is 39.6. The van der Waals surface area contributed by atoms with Gasteiger partial charge in [-0.2, -0.15) is 13.2 Å². The topological polar surface area (TPSA) is 9.23 Å². The minimum atomic E-state index is -4.14. The van der Waals surface area contributed by atoms with Crippen LogP contribution in [0.15, 0.2) is 0 Å². The molecule has 0 aromatic carbocycles. The van der Waals surface area contributed by atoms with Gasteiger partial charge in [0, 0.05) is 6.61 Å². The van der Waals surface area contributed by atoms with Crippen LogP contribution in [0.3, 0.4) is 0 Å². The Labute approximate surface area is 57.2 Å². The molecule has 1 fully saturated rings. The van der Waals surface area contributed by atoms with Crippen LogP contribution in [-0.2, 0) is 4.74 Å². The molecule has 0 saturated carbocycles. The fourth-order valence-electron chi connectivity index (χ4n) is 0.951. The molecule has 0 aliphatic carbocycles. The molecule has 0 aromatic heterocycles. The van der Waals surface area contributed by atoms with Crippen molar-refractivity contribution in [3.8, 4) is 0 Å². The Kier molecular flexibility index (Phi) is 2.18. The van der Waals surface area contributed by atoms with Crippen LogP contribution in [0, 0.1) is 12.3 Å². The predicted molar refractivity (Wildman–Crippen MR) is 29.3 cm³/mol. The van der Waals surface area contributed by atoms with Crippen LogP contribution in [0.2, 0.25) is 0 Å². The lowest BCUT2D eigenvalue weighted by Crippen LogP contribution is -2.16.